The zero-order valence-corrected chi connectivity index (χ0v) is 10.7. The predicted octanol–water partition coefficient (Wildman–Crippen LogP) is 0.996. The molecule has 70 valence electrons. The van der Waals surface area contributed by atoms with E-state index in [4.69, 9.17) is 5.11 Å². The number of benzene rings is 1. The molecule has 1 rings (SSSR count). The van der Waals surface area contributed by atoms with Crippen LogP contribution >= 0.6 is 12.6 Å². The molecular formula is C9H9NaO3S. The monoisotopic (exact) mass is 220 g/mol. The zero-order valence-electron chi connectivity index (χ0n) is 7.80. The Morgan fingerprint density at radius 2 is 1.71 bits per heavy atom. The first-order valence-corrected chi connectivity index (χ1v) is 5.59. The molecule has 1 N–H and O–H groups in total. The number of thiol groups is 1. The van der Waals surface area contributed by atoms with Crippen molar-refractivity contribution >= 4 is 49.6 Å². The second kappa shape index (κ2) is 8.05. The summed E-state index contributed by atoms with van der Waals surface area (Å²) in [7, 11) is 0. The van der Waals surface area contributed by atoms with Crippen LogP contribution in [0.1, 0.15) is 10.4 Å². The normalized spacial score (nSPS) is 8.50. The summed E-state index contributed by atoms with van der Waals surface area (Å²) in [5, 5.41) is 7.65. The molecule has 0 bridgehead atoms. The summed E-state index contributed by atoms with van der Waals surface area (Å²) in [4.78, 5) is 20.0. The number of rotatable bonds is 2. The summed E-state index contributed by atoms with van der Waals surface area (Å²) >= 11 is 4.03. The molecule has 0 atom stereocenters. The van der Waals surface area contributed by atoms with E-state index in [2.05, 4.69) is 12.6 Å². The van der Waals surface area contributed by atoms with Crippen molar-refractivity contribution < 1.29 is 14.7 Å². The van der Waals surface area contributed by atoms with Crippen LogP contribution in [0.4, 0.5) is 0 Å². The summed E-state index contributed by atoms with van der Waals surface area (Å²) < 4.78 is 0.260. The molecule has 1 aromatic carbocycles. The van der Waals surface area contributed by atoms with E-state index in [0.29, 0.717) is 27.9 Å². The van der Waals surface area contributed by atoms with Crippen LogP contribution in [0.15, 0.2) is 30.3 Å². The molecule has 0 fully saturated rings. The molecule has 1 aromatic rings. The van der Waals surface area contributed by atoms with Crippen LogP contribution in [0, 0.1) is 0 Å². The van der Waals surface area contributed by atoms with E-state index in [9.17, 15) is 9.59 Å². The number of carbonyl (C=O) groups is 2. The average Bonchev–Trinajstić information content (AvgIpc) is 2.20. The second-order valence-corrected chi connectivity index (χ2v) is 3.70. The molecular weight excluding hydrogens is 211 g/mol. The molecule has 0 saturated heterocycles. The number of carbonyl (C=O) groups excluding carboxylic acids is 1. The quantitative estimate of drug-likeness (QED) is 0.577. The average molecular weight is 220 g/mol. The number of carboxylic acid groups (broad SMARTS) is 1. The predicted molar refractivity (Wildman–Crippen MR) is 58.0 cm³/mol. The Morgan fingerprint density at radius 1 is 1.29 bits per heavy atom. The van der Waals surface area contributed by atoms with Gasteiger partial charge in [-0.25, -0.2) is 0 Å². The van der Waals surface area contributed by atoms with Gasteiger partial charge in [0.2, 0.25) is 0 Å². The van der Waals surface area contributed by atoms with Gasteiger partial charge in [0.15, 0.2) is 0 Å². The van der Waals surface area contributed by atoms with E-state index >= 15 is 0 Å². The van der Waals surface area contributed by atoms with E-state index in [1.54, 1.807) is 0 Å². The first-order valence-electron chi connectivity index (χ1n) is 3.96. The number of hydrogen-bond donors (Lipinski definition) is 2. The van der Waals surface area contributed by atoms with Crippen molar-refractivity contribution in [2.24, 2.45) is 0 Å². The van der Waals surface area contributed by atoms with Gasteiger partial charge in [0.1, 0.15) is 0 Å². The maximum absolute atomic E-state index is 10.7. The van der Waals surface area contributed by atoms with Crippen LogP contribution < -0.4 is 0 Å². The zero-order chi connectivity index (χ0) is 11.0. The fourth-order valence-electron chi connectivity index (χ4n) is 0.673. The van der Waals surface area contributed by atoms with Gasteiger partial charge in [0.25, 0.3) is 0 Å². The van der Waals surface area contributed by atoms with Gasteiger partial charge in [0, 0.05) is 0 Å². The summed E-state index contributed by atoms with van der Waals surface area (Å²) in [5.74, 6) is -0.965. The molecule has 14 heavy (non-hydrogen) atoms. The summed E-state index contributed by atoms with van der Waals surface area (Å²) in [6.07, 6.45) is 0. The second-order valence-electron chi connectivity index (χ2n) is 2.47. The van der Waals surface area contributed by atoms with Crippen molar-refractivity contribution in [3.8, 4) is 0 Å². The van der Waals surface area contributed by atoms with Crippen molar-refractivity contribution in [1.29, 1.82) is 0 Å². The third-order valence-corrected chi connectivity index (χ3v) is 2.16. The van der Waals surface area contributed by atoms with Gasteiger partial charge in [-0.05, 0) is 0 Å². The van der Waals surface area contributed by atoms with Gasteiger partial charge in [-0.15, -0.1) is 0 Å². The molecule has 0 heterocycles. The Labute approximate surface area is 105 Å². The van der Waals surface area contributed by atoms with Crippen LogP contribution in [0.3, 0.4) is 0 Å². The van der Waals surface area contributed by atoms with Crippen molar-refractivity contribution in [3.05, 3.63) is 35.9 Å². The Balaban J connectivity index is 0.000000292. The van der Waals surface area contributed by atoms with Crippen LogP contribution in [-0.2, 0) is 4.79 Å². The van der Waals surface area contributed by atoms with Crippen LogP contribution in [0.25, 0.3) is 0 Å². The molecule has 0 aromatic heterocycles. The molecule has 0 aliphatic heterocycles. The SMILES string of the molecule is O=C(O)CS.O=[C]([Na])c1ccccc1. The van der Waals surface area contributed by atoms with Crippen molar-refractivity contribution in [3.63, 3.8) is 0 Å². The van der Waals surface area contributed by atoms with Crippen molar-refractivity contribution in [1.82, 2.24) is 0 Å². The minimum absolute atomic E-state index is 0.0833. The Bertz CT molecular complexity index is 300. The molecule has 0 aliphatic rings. The van der Waals surface area contributed by atoms with Crippen molar-refractivity contribution in [2.75, 3.05) is 5.75 Å². The van der Waals surface area contributed by atoms with Gasteiger partial charge in [0.05, 0.1) is 5.75 Å². The molecule has 0 amide bonds. The van der Waals surface area contributed by atoms with Gasteiger partial charge >= 0.3 is 77.6 Å². The fourth-order valence-corrected chi connectivity index (χ4v) is 1.01. The minimum atomic E-state index is -0.881. The van der Waals surface area contributed by atoms with Crippen LogP contribution in [-0.4, -0.2) is 47.8 Å². The number of carboxylic acids is 1. The molecule has 5 heteroatoms. The Hall–Kier alpha value is -0.290. The third kappa shape index (κ3) is 7.15. The first kappa shape index (κ1) is 13.7. The van der Waals surface area contributed by atoms with Crippen LogP contribution in [0.5, 0.6) is 0 Å². The summed E-state index contributed by atoms with van der Waals surface area (Å²) in [6, 6.07) is 9.36. The van der Waals surface area contributed by atoms with Gasteiger partial charge < -0.3 is 5.11 Å². The maximum atomic E-state index is 10.7. The Kier molecular flexibility index (Phi) is 7.89. The van der Waals surface area contributed by atoms with E-state index in [1.165, 1.54) is 0 Å². The standard InChI is InChI=1S/C7H5O.C2H4O2S.Na/c8-6-7-4-2-1-3-5-7;3-2(4)1-5;/h1-5H;5H,1H2,(H,3,4);. The molecule has 3 nitrogen and oxygen atoms in total. The molecule has 0 unspecified atom stereocenters. The first-order chi connectivity index (χ1) is 6.57. The summed E-state index contributed by atoms with van der Waals surface area (Å²) in [5.41, 5.74) is 0.837. The molecule has 0 aliphatic carbocycles. The third-order valence-electron chi connectivity index (χ3n) is 1.32. The van der Waals surface area contributed by atoms with Crippen molar-refractivity contribution in [2.45, 2.75) is 0 Å². The van der Waals surface area contributed by atoms with E-state index in [0.717, 1.165) is 5.56 Å². The van der Waals surface area contributed by atoms with E-state index in [-0.39, 0.29) is 8.79 Å². The van der Waals surface area contributed by atoms with E-state index < -0.39 is 5.97 Å². The van der Waals surface area contributed by atoms with Gasteiger partial charge in [-0.1, -0.05) is 0 Å². The Morgan fingerprint density at radius 3 is 1.93 bits per heavy atom. The topological polar surface area (TPSA) is 54.4 Å². The van der Waals surface area contributed by atoms with Gasteiger partial charge in [-0.3, -0.25) is 4.79 Å². The van der Waals surface area contributed by atoms with Crippen LogP contribution in [0.2, 0.25) is 0 Å². The summed E-state index contributed by atoms with van der Waals surface area (Å²) in [6.45, 7) is 0. The molecule has 0 radical (unpaired) electrons. The fraction of sp³-hybridized carbons (Fsp3) is 0.111. The molecule has 0 spiro atoms. The van der Waals surface area contributed by atoms with E-state index in [1.807, 2.05) is 30.3 Å². The molecule has 0 saturated carbocycles. The van der Waals surface area contributed by atoms with Gasteiger partial charge in [-0.2, -0.15) is 12.6 Å². The number of aliphatic carboxylic acids is 1. The number of hydrogen-bond acceptors (Lipinski definition) is 3.